The van der Waals surface area contributed by atoms with Crippen LogP contribution in [0.2, 0.25) is 0 Å². The van der Waals surface area contributed by atoms with Crippen LogP contribution in [0.25, 0.3) is 11.0 Å². The molecule has 28 heavy (non-hydrogen) atoms. The van der Waals surface area contributed by atoms with E-state index in [9.17, 15) is 4.79 Å². The third-order valence-electron chi connectivity index (χ3n) is 6.07. The first-order chi connectivity index (χ1) is 13.7. The number of imidazole rings is 1. The van der Waals surface area contributed by atoms with E-state index in [1.54, 1.807) is 7.11 Å². The SMILES string of the molecule is COc1nc2c(cc1C(=O)N1CCC[C@@H]1c1nc3ccccc3n1C)CCC2. The van der Waals surface area contributed by atoms with Crippen LogP contribution in [0.15, 0.2) is 30.3 Å². The van der Waals surface area contributed by atoms with Crippen LogP contribution in [-0.4, -0.2) is 39.0 Å². The zero-order valence-corrected chi connectivity index (χ0v) is 16.3. The number of likely N-dealkylation sites (tertiary alicyclic amines) is 1. The van der Waals surface area contributed by atoms with E-state index in [0.29, 0.717) is 11.4 Å². The second-order valence-corrected chi connectivity index (χ2v) is 7.68. The number of ether oxygens (including phenoxy) is 1. The standard InChI is InChI=1S/C22H24N4O2/c1-25-18-10-4-3-8-17(18)23-20(25)19-11-6-12-26(19)22(27)15-13-14-7-5-9-16(14)24-21(15)28-2/h3-4,8,10,13,19H,5-7,9,11-12H2,1-2H3/t19-/m1/s1. The molecule has 1 aromatic carbocycles. The number of hydrogen-bond donors (Lipinski definition) is 0. The number of fused-ring (bicyclic) bond motifs is 2. The summed E-state index contributed by atoms with van der Waals surface area (Å²) >= 11 is 0. The number of para-hydroxylation sites is 2. The number of hydrogen-bond acceptors (Lipinski definition) is 4. The Hall–Kier alpha value is -2.89. The lowest BCUT2D eigenvalue weighted by Gasteiger charge is -2.25. The van der Waals surface area contributed by atoms with Crippen molar-refractivity contribution < 1.29 is 9.53 Å². The molecule has 0 radical (unpaired) electrons. The van der Waals surface area contributed by atoms with Crippen molar-refractivity contribution in [3.8, 4) is 5.88 Å². The normalized spacial score (nSPS) is 18.6. The van der Waals surface area contributed by atoms with E-state index in [-0.39, 0.29) is 11.9 Å². The predicted octanol–water partition coefficient (Wildman–Crippen LogP) is 3.44. The van der Waals surface area contributed by atoms with Crippen LogP contribution in [0.1, 0.15) is 52.7 Å². The van der Waals surface area contributed by atoms with E-state index in [1.165, 1.54) is 5.56 Å². The van der Waals surface area contributed by atoms with Gasteiger partial charge in [-0.3, -0.25) is 4.79 Å². The molecule has 1 aliphatic carbocycles. The molecule has 144 valence electrons. The minimum Gasteiger partial charge on any atom is -0.480 e. The van der Waals surface area contributed by atoms with E-state index in [2.05, 4.69) is 15.6 Å². The summed E-state index contributed by atoms with van der Waals surface area (Å²) in [5.74, 6) is 1.38. The molecular weight excluding hydrogens is 352 g/mol. The fourth-order valence-corrected chi connectivity index (χ4v) is 4.66. The van der Waals surface area contributed by atoms with Crippen LogP contribution in [0.3, 0.4) is 0 Å². The second-order valence-electron chi connectivity index (χ2n) is 7.68. The van der Waals surface area contributed by atoms with Crippen molar-refractivity contribution in [2.75, 3.05) is 13.7 Å². The first-order valence-corrected chi connectivity index (χ1v) is 9.96. The molecular formula is C22H24N4O2. The van der Waals surface area contributed by atoms with Gasteiger partial charge in [-0.2, -0.15) is 0 Å². The Morgan fingerprint density at radius 2 is 2.04 bits per heavy atom. The van der Waals surface area contributed by atoms with Gasteiger partial charge in [0.05, 0.1) is 24.2 Å². The summed E-state index contributed by atoms with van der Waals surface area (Å²) in [5, 5.41) is 0. The summed E-state index contributed by atoms with van der Waals surface area (Å²) in [6.45, 7) is 0.729. The summed E-state index contributed by atoms with van der Waals surface area (Å²) in [5.41, 5.74) is 4.89. The Kier molecular flexibility index (Phi) is 4.07. The molecule has 0 spiro atoms. The lowest BCUT2D eigenvalue weighted by atomic mass is 10.1. The molecule has 0 N–H and O–H groups in total. The van der Waals surface area contributed by atoms with Gasteiger partial charge >= 0.3 is 0 Å². The summed E-state index contributed by atoms with van der Waals surface area (Å²) in [4.78, 5) is 24.9. The van der Waals surface area contributed by atoms with Crippen LogP contribution in [0.5, 0.6) is 5.88 Å². The number of pyridine rings is 1. The van der Waals surface area contributed by atoms with Crippen molar-refractivity contribution in [2.45, 2.75) is 38.1 Å². The van der Waals surface area contributed by atoms with Crippen molar-refractivity contribution >= 4 is 16.9 Å². The highest BCUT2D eigenvalue weighted by atomic mass is 16.5. The maximum absolute atomic E-state index is 13.5. The van der Waals surface area contributed by atoms with E-state index >= 15 is 0 Å². The maximum atomic E-state index is 13.5. The van der Waals surface area contributed by atoms with Crippen LogP contribution in [0.4, 0.5) is 0 Å². The highest BCUT2D eigenvalue weighted by molar-refractivity contribution is 5.97. The Bertz CT molecular complexity index is 1070. The van der Waals surface area contributed by atoms with Crippen LogP contribution >= 0.6 is 0 Å². The first-order valence-electron chi connectivity index (χ1n) is 9.96. The molecule has 2 aliphatic rings. The van der Waals surface area contributed by atoms with Crippen molar-refractivity contribution in [3.05, 3.63) is 53.0 Å². The fourth-order valence-electron chi connectivity index (χ4n) is 4.66. The molecule has 3 aromatic rings. The smallest absolute Gasteiger partial charge is 0.259 e. The molecule has 5 rings (SSSR count). The average molecular weight is 376 g/mol. The van der Waals surface area contributed by atoms with Gasteiger partial charge in [0, 0.05) is 19.3 Å². The van der Waals surface area contributed by atoms with Gasteiger partial charge in [0.2, 0.25) is 5.88 Å². The molecule has 0 saturated carbocycles. The Labute approximate surface area is 164 Å². The summed E-state index contributed by atoms with van der Waals surface area (Å²) in [7, 11) is 3.62. The maximum Gasteiger partial charge on any atom is 0.259 e. The number of carbonyl (C=O) groups excluding carboxylic acids is 1. The predicted molar refractivity (Wildman–Crippen MR) is 107 cm³/mol. The lowest BCUT2D eigenvalue weighted by Crippen LogP contribution is -2.32. The number of rotatable bonds is 3. The van der Waals surface area contributed by atoms with E-state index in [4.69, 9.17) is 9.72 Å². The van der Waals surface area contributed by atoms with E-state index in [1.807, 2.05) is 36.2 Å². The van der Waals surface area contributed by atoms with Crippen molar-refractivity contribution in [1.29, 1.82) is 0 Å². The molecule has 0 bridgehead atoms. The number of aryl methyl sites for hydroxylation is 3. The molecule has 3 heterocycles. The second kappa shape index (κ2) is 6.62. The fraction of sp³-hybridized carbons (Fsp3) is 0.409. The van der Waals surface area contributed by atoms with Crippen LogP contribution in [-0.2, 0) is 19.9 Å². The number of amides is 1. The third kappa shape index (κ3) is 2.58. The zero-order valence-electron chi connectivity index (χ0n) is 16.3. The van der Waals surface area contributed by atoms with Gasteiger partial charge in [-0.05, 0) is 55.9 Å². The van der Waals surface area contributed by atoms with Crippen molar-refractivity contribution in [1.82, 2.24) is 19.4 Å². The van der Waals surface area contributed by atoms with E-state index in [0.717, 1.165) is 61.2 Å². The number of nitrogens with zero attached hydrogens (tertiary/aromatic N) is 4. The molecule has 1 fully saturated rings. The van der Waals surface area contributed by atoms with E-state index < -0.39 is 0 Å². The van der Waals surface area contributed by atoms with Crippen LogP contribution in [0, 0.1) is 0 Å². The van der Waals surface area contributed by atoms with Crippen molar-refractivity contribution in [2.24, 2.45) is 7.05 Å². The highest BCUT2D eigenvalue weighted by Crippen LogP contribution is 2.36. The third-order valence-corrected chi connectivity index (χ3v) is 6.07. The van der Waals surface area contributed by atoms with Crippen molar-refractivity contribution in [3.63, 3.8) is 0 Å². The summed E-state index contributed by atoms with van der Waals surface area (Å²) in [6, 6.07) is 10.1. The quantitative estimate of drug-likeness (QED) is 0.703. The van der Waals surface area contributed by atoms with Gasteiger partial charge in [-0.25, -0.2) is 9.97 Å². The highest BCUT2D eigenvalue weighted by Gasteiger charge is 2.35. The topological polar surface area (TPSA) is 60.2 Å². The molecule has 1 amide bonds. The zero-order chi connectivity index (χ0) is 19.3. The first kappa shape index (κ1) is 17.2. The van der Waals surface area contributed by atoms with Gasteiger partial charge in [-0.15, -0.1) is 0 Å². The van der Waals surface area contributed by atoms with Gasteiger partial charge in [-0.1, -0.05) is 12.1 Å². The van der Waals surface area contributed by atoms with Crippen LogP contribution < -0.4 is 4.74 Å². The molecule has 1 saturated heterocycles. The molecule has 6 nitrogen and oxygen atoms in total. The Balaban J connectivity index is 1.53. The largest absolute Gasteiger partial charge is 0.480 e. The van der Waals surface area contributed by atoms with Gasteiger partial charge in [0.25, 0.3) is 5.91 Å². The number of benzene rings is 1. The number of aromatic nitrogens is 3. The Morgan fingerprint density at radius 3 is 2.86 bits per heavy atom. The average Bonchev–Trinajstić information content (AvgIpc) is 3.45. The molecule has 6 heteroatoms. The van der Waals surface area contributed by atoms with Gasteiger partial charge < -0.3 is 14.2 Å². The Morgan fingerprint density at radius 1 is 1.18 bits per heavy atom. The lowest BCUT2D eigenvalue weighted by molar-refractivity contribution is 0.0724. The van der Waals surface area contributed by atoms with Gasteiger partial charge in [0.1, 0.15) is 11.4 Å². The molecule has 0 unspecified atom stereocenters. The summed E-state index contributed by atoms with van der Waals surface area (Å²) in [6.07, 6.45) is 4.94. The molecule has 2 aromatic heterocycles. The number of methoxy groups -OCH3 is 1. The van der Waals surface area contributed by atoms with Gasteiger partial charge in [0.15, 0.2) is 0 Å². The number of carbonyl (C=O) groups is 1. The minimum absolute atomic E-state index is 0.00592. The summed E-state index contributed by atoms with van der Waals surface area (Å²) < 4.78 is 7.60. The monoisotopic (exact) mass is 376 g/mol. The molecule has 1 atom stereocenters. The molecule has 1 aliphatic heterocycles. The minimum atomic E-state index is -0.0251.